The molecule has 0 amide bonds. The number of carboxylic acid groups (broad SMARTS) is 1. The molecule has 0 spiro atoms. The van der Waals surface area contributed by atoms with Crippen LogP contribution in [0.25, 0.3) is 10.8 Å². The maximum Gasteiger partial charge on any atom is 0.352 e. The van der Waals surface area contributed by atoms with Gasteiger partial charge in [-0.05, 0) is 24.4 Å². The van der Waals surface area contributed by atoms with Gasteiger partial charge in [0.25, 0.3) is 5.56 Å². The molecule has 2 N–H and O–H groups in total. The number of carbonyl (C=O) groups is 1. The molecule has 5 nitrogen and oxygen atoms in total. The van der Waals surface area contributed by atoms with Crippen molar-refractivity contribution in [3.8, 4) is 0 Å². The molecule has 0 radical (unpaired) electrons. The van der Waals surface area contributed by atoms with Crippen molar-refractivity contribution >= 4 is 16.7 Å². The van der Waals surface area contributed by atoms with Crippen LogP contribution < -0.4 is 5.56 Å². The number of aliphatic hydroxyl groups excluding tert-OH is 1. The molecule has 0 aliphatic rings. The molecule has 2 aromatic rings. The number of pyridine rings is 1. The van der Waals surface area contributed by atoms with E-state index in [1.54, 1.807) is 18.2 Å². The minimum atomic E-state index is -1.18. The van der Waals surface area contributed by atoms with Gasteiger partial charge in [-0.2, -0.15) is 0 Å². The van der Waals surface area contributed by atoms with Crippen LogP contribution >= 0.6 is 0 Å². The number of aromatic nitrogens is 1. The average Bonchev–Trinajstić information content (AvgIpc) is 2.32. The molecule has 0 fully saturated rings. The number of nitrogens with zero attached hydrogens (tertiary/aromatic N) is 1. The highest BCUT2D eigenvalue weighted by atomic mass is 16.4. The Morgan fingerprint density at radius 3 is 2.67 bits per heavy atom. The maximum atomic E-state index is 12.1. The smallest absolute Gasteiger partial charge is 0.352 e. The number of benzene rings is 1. The van der Waals surface area contributed by atoms with Gasteiger partial charge in [0.1, 0.15) is 5.69 Å². The summed E-state index contributed by atoms with van der Waals surface area (Å²) >= 11 is 0. The van der Waals surface area contributed by atoms with Gasteiger partial charge in [0, 0.05) is 11.9 Å². The third kappa shape index (κ3) is 2.00. The lowest BCUT2D eigenvalue weighted by atomic mass is 10.1. The number of hydrogen-bond donors (Lipinski definition) is 2. The van der Waals surface area contributed by atoms with E-state index in [4.69, 9.17) is 10.2 Å². The van der Waals surface area contributed by atoms with E-state index in [9.17, 15) is 9.59 Å². The Hall–Kier alpha value is -2.14. The molecule has 1 heterocycles. The molecule has 94 valence electrons. The Kier molecular flexibility index (Phi) is 3.16. The van der Waals surface area contributed by atoms with Crippen molar-refractivity contribution in [2.75, 3.05) is 6.61 Å². The van der Waals surface area contributed by atoms with Crippen molar-refractivity contribution in [1.29, 1.82) is 0 Å². The Morgan fingerprint density at radius 2 is 2.06 bits per heavy atom. The summed E-state index contributed by atoms with van der Waals surface area (Å²) in [7, 11) is 0. The number of aliphatic hydroxyl groups is 1. The monoisotopic (exact) mass is 247 g/mol. The standard InChI is InChI=1S/C13H13NO4/c1-8-2-3-10-9(6-8)7-11(13(17)18)14(4-5-15)12(10)16/h2-3,6-7,15H,4-5H2,1H3,(H,17,18). The number of aryl methyl sites for hydroxylation is 1. The van der Waals surface area contributed by atoms with Crippen LogP contribution in [0.1, 0.15) is 16.1 Å². The van der Waals surface area contributed by atoms with Gasteiger partial charge < -0.3 is 10.2 Å². The van der Waals surface area contributed by atoms with Crippen molar-refractivity contribution in [2.24, 2.45) is 0 Å². The van der Waals surface area contributed by atoms with Gasteiger partial charge in [-0.3, -0.25) is 9.36 Å². The lowest BCUT2D eigenvalue weighted by Crippen LogP contribution is -2.27. The quantitative estimate of drug-likeness (QED) is 0.848. The van der Waals surface area contributed by atoms with Gasteiger partial charge >= 0.3 is 5.97 Å². The first-order valence-electron chi connectivity index (χ1n) is 5.53. The molecule has 2 rings (SSSR count). The number of rotatable bonds is 3. The van der Waals surface area contributed by atoms with Gasteiger partial charge in [0.2, 0.25) is 0 Å². The average molecular weight is 247 g/mol. The summed E-state index contributed by atoms with van der Waals surface area (Å²) in [5.74, 6) is -1.18. The fourth-order valence-corrected chi connectivity index (χ4v) is 1.98. The topological polar surface area (TPSA) is 79.5 Å². The fourth-order valence-electron chi connectivity index (χ4n) is 1.98. The molecular formula is C13H13NO4. The number of hydrogen-bond acceptors (Lipinski definition) is 3. The highest BCUT2D eigenvalue weighted by Gasteiger charge is 2.14. The molecule has 0 saturated heterocycles. The van der Waals surface area contributed by atoms with Crippen molar-refractivity contribution < 1.29 is 15.0 Å². The minimum absolute atomic E-state index is 0.0235. The summed E-state index contributed by atoms with van der Waals surface area (Å²) in [6.45, 7) is 1.57. The Bertz CT molecular complexity index is 672. The van der Waals surface area contributed by atoms with Crippen molar-refractivity contribution in [3.63, 3.8) is 0 Å². The summed E-state index contributed by atoms with van der Waals surface area (Å²) < 4.78 is 1.08. The van der Waals surface area contributed by atoms with E-state index in [0.717, 1.165) is 10.1 Å². The predicted octanol–water partition coefficient (Wildman–Crippen LogP) is 1.00. The summed E-state index contributed by atoms with van der Waals surface area (Å²) in [6, 6.07) is 6.70. The van der Waals surface area contributed by atoms with Gasteiger partial charge in [0.05, 0.1) is 6.61 Å². The van der Waals surface area contributed by atoms with E-state index in [2.05, 4.69) is 0 Å². The summed E-state index contributed by atoms with van der Waals surface area (Å²) in [5.41, 5.74) is 0.462. The minimum Gasteiger partial charge on any atom is -0.477 e. The van der Waals surface area contributed by atoms with E-state index < -0.39 is 5.97 Å². The second kappa shape index (κ2) is 4.62. The van der Waals surface area contributed by atoms with E-state index in [-0.39, 0.29) is 24.4 Å². The lowest BCUT2D eigenvalue weighted by molar-refractivity contribution is 0.0682. The molecule has 1 aromatic carbocycles. The van der Waals surface area contributed by atoms with Crippen LogP contribution in [0, 0.1) is 6.92 Å². The van der Waals surface area contributed by atoms with Crippen LogP contribution in [0.2, 0.25) is 0 Å². The normalized spacial score (nSPS) is 10.8. The summed E-state index contributed by atoms with van der Waals surface area (Å²) in [4.78, 5) is 23.3. The van der Waals surface area contributed by atoms with E-state index in [1.807, 2.05) is 6.92 Å². The van der Waals surface area contributed by atoms with Gasteiger partial charge in [-0.25, -0.2) is 4.79 Å². The highest BCUT2D eigenvalue weighted by Crippen LogP contribution is 2.14. The van der Waals surface area contributed by atoms with Crippen molar-refractivity contribution in [1.82, 2.24) is 4.57 Å². The molecule has 0 bridgehead atoms. The first-order valence-corrected chi connectivity index (χ1v) is 5.53. The molecular weight excluding hydrogens is 234 g/mol. The Labute approximate surface area is 103 Å². The van der Waals surface area contributed by atoms with E-state index >= 15 is 0 Å². The molecule has 5 heteroatoms. The van der Waals surface area contributed by atoms with E-state index in [1.165, 1.54) is 6.07 Å². The zero-order valence-corrected chi connectivity index (χ0v) is 9.88. The van der Waals surface area contributed by atoms with Crippen molar-refractivity contribution in [2.45, 2.75) is 13.5 Å². The first kappa shape index (κ1) is 12.3. The van der Waals surface area contributed by atoms with E-state index in [0.29, 0.717) is 10.8 Å². The van der Waals surface area contributed by atoms with Crippen molar-refractivity contribution in [3.05, 3.63) is 45.9 Å². The molecule has 0 aliphatic heterocycles. The largest absolute Gasteiger partial charge is 0.477 e. The predicted molar refractivity (Wildman–Crippen MR) is 67.0 cm³/mol. The summed E-state index contributed by atoms with van der Waals surface area (Å²) in [6.07, 6.45) is 0. The third-order valence-corrected chi connectivity index (χ3v) is 2.81. The molecule has 0 unspecified atom stereocenters. The Morgan fingerprint density at radius 1 is 1.33 bits per heavy atom. The number of aromatic carboxylic acids is 1. The Balaban J connectivity index is 2.85. The van der Waals surface area contributed by atoms with Crippen LogP contribution in [0.15, 0.2) is 29.1 Å². The van der Waals surface area contributed by atoms with Crippen LogP contribution in [-0.4, -0.2) is 27.4 Å². The van der Waals surface area contributed by atoms with Gasteiger partial charge in [-0.15, -0.1) is 0 Å². The molecule has 1 aromatic heterocycles. The van der Waals surface area contributed by atoms with Gasteiger partial charge in [0.15, 0.2) is 0 Å². The zero-order chi connectivity index (χ0) is 13.3. The van der Waals surface area contributed by atoms with Crippen LogP contribution in [0.4, 0.5) is 0 Å². The zero-order valence-electron chi connectivity index (χ0n) is 9.88. The number of carboxylic acids is 1. The SMILES string of the molecule is Cc1ccc2c(=O)n(CCO)c(C(=O)O)cc2c1. The molecule has 0 saturated carbocycles. The lowest BCUT2D eigenvalue weighted by Gasteiger charge is -2.10. The van der Waals surface area contributed by atoms with Crippen LogP contribution in [0.5, 0.6) is 0 Å². The van der Waals surface area contributed by atoms with Crippen LogP contribution in [-0.2, 0) is 6.54 Å². The first-order chi connectivity index (χ1) is 8.54. The summed E-state index contributed by atoms with van der Waals surface area (Å²) in [5, 5.41) is 19.1. The maximum absolute atomic E-state index is 12.1. The third-order valence-electron chi connectivity index (χ3n) is 2.81. The fraction of sp³-hybridized carbons (Fsp3) is 0.231. The molecule has 18 heavy (non-hydrogen) atoms. The second-order valence-corrected chi connectivity index (χ2v) is 4.11. The molecule has 0 atom stereocenters. The van der Waals surface area contributed by atoms with Gasteiger partial charge in [-0.1, -0.05) is 17.7 Å². The second-order valence-electron chi connectivity index (χ2n) is 4.11. The highest BCUT2D eigenvalue weighted by molar-refractivity contribution is 5.92. The number of fused-ring (bicyclic) bond motifs is 1. The van der Waals surface area contributed by atoms with Crippen LogP contribution in [0.3, 0.4) is 0 Å². The molecule has 0 aliphatic carbocycles.